The van der Waals surface area contributed by atoms with Crippen LogP contribution in [-0.2, 0) is 9.53 Å². The van der Waals surface area contributed by atoms with Crippen molar-refractivity contribution in [3.63, 3.8) is 0 Å². The number of halogens is 1. The molecule has 0 aromatic heterocycles. The third kappa shape index (κ3) is 8.07. The summed E-state index contributed by atoms with van der Waals surface area (Å²) in [5.41, 5.74) is 0.236. The molecule has 3 nitrogen and oxygen atoms in total. The maximum atomic E-state index is 12.4. The normalized spacial score (nSPS) is 37.2. The van der Waals surface area contributed by atoms with E-state index < -0.39 is 0 Å². The van der Waals surface area contributed by atoms with Gasteiger partial charge in [-0.25, -0.2) is 0 Å². The lowest BCUT2D eigenvalue weighted by Gasteiger charge is -2.62. The summed E-state index contributed by atoms with van der Waals surface area (Å²) in [6.07, 6.45) is 23.5. The lowest BCUT2D eigenvalue weighted by molar-refractivity contribution is -0.192. The van der Waals surface area contributed by atoms with Crippen molar-refractivity contribution < 1.29 is 19.0 Å². The highest BCUT2D eigenvalue weighted by molar-refractivity contribution is 7.99. The molecule has 0 bridgehead atoms. The van der Waals surface area contributed by atoms with Crippen LogP contribution in [-0.4, -0.2) is 47.9 Å². The molecule has 0 spiro atoms. The van der Waals surface area contributed by atoms with E-state index in [1.54, 1.807) is 0 Å². The first-order valence-corrected chi connectivity index (χ1v) is 18.5. The average Bonchev–Trinajstić information content (AvgIpc) is 3.24. The molecule has 4 saturated carbocycles. The number of thioether (sulfide) groups is 1. The number of rotatable bonds is 18. The molecule has 0 aromatic rings. The number of aliphatic hydroxyl groups excluding tert-OH is 1. The van der Waals surface area contributed by atoms with Gasteiger partial charge >= 0.3 is 0 Å². The molecule has 0 aliphatic heterocycles. The highest BCUT2D eigenvalue weighted by Crippen LogP contribution is 2.66. The number of ether oxygens (including phenoxy) is 1. The Labute approximate surface area is 249 Å². The van der Waals surface area contributed by atoms with Gasteiger partial charge in [0.05, 0.1) is 18.9 Å². The van der Waals surface area contributed by atoms with Crippen LogP contribution in [0.3, 0.4) is 0 Å². The van der Waals surface area contributed by atoms with Gasteiger partial charge < -0.3 is 9.84 Å². The summed E-state index contributed by atoms with van der Waals surface area (Å²) in [6.45, 7) is 5.55. The van der Waals surface area contributed by atoms with E-state index in [4.69, 9.17) is 4.74 Å². The number of ketones is 1. The first kappa shape index (κ1) is 32.8. The van der Waals surface area contributed by atoms with Gasteiger partial charge in [0.2, 0.25) is 0 Å². The zero-order valence-electron chi connectivity index (χ0n) is 26.0. The Hall–Kier alpha value is -0.130. The van der Waals surface area contributed by atoms with E-state index in [0.717, 1.165) is 50.9 Å². The molecule has 5 heteroatoms. The molecule has 0 aromatic carbocycles. The van der Waals surface area contributed by atoms with Crippen molar-refractivity contribution in [1.82, 2.24) is 0 Å². The van der Waals surface area contributed by atoms with Crippen LogP contribution in [0.5, 0.6) is 0 Å². The van der Waals surface area contributed by atoms with E-state index in [0.29, 0.717) is 35.9 Å². The van der Waals surface area contributed by atoms with Crippen LogP contribution in [0.1, 0.15) is 142 Å². The molecule has 4 aliphatic rings. The van der Waals surface area contributed by atoms with Gasteiger partial charge in [0.15, 0.2) is 0 Å². The smallest absolute Gasteiger partial charge is 0.133 e. The van der Waals surface area contributed by atoms with Gasteiger partial charge in [0.1, 0.15) is 5.78 Å². The van der Waals surface area contributed by atoms with Crippen molar-refractivity contribution in [1.29, 1.82) is 0 Å². The molecule has 232 valence electrons. The van der Waals surface area contributed by atoms with Gasteiger partial charge in [-0.3, -0.25) is 9.18 Å². The number of aliphatic hydroxyl groups is 1. The standard InChI is InChI=1S/C35H61FO3S/c1-34-20-19-28(37)25-27(34)15-16-29-30-17-18-32(38)35(30,2)26-31(33(29)34)39-22-12-10-8-6-4-3-5-7-9-11-13-23-40-24-14-21-36/h27,29-33,38H,3-26H2,1-2H3. The topological polar surface area (TPSA) is 46.5 Å². The Morgan fingerprint density at radius 1 is 0.850 bits per heavy atom. The number of unbranched alkanes of at least 4 members (excludes halogenated alkanes) is 10. The summed E-state index contributed by atoms with van der Waals surface area (Å²) in [5, 5.41) is 11.0. The number of hydrogen-bond acceptors (Lipinski definition) is 4. The zero-order chi connectivity index (χ0) is 28.4. The number of hydrogen-bond donors (Lipinski definition) is 1. The second kappa shape index (κ2) is 16.1. The third-order valence-electron chi connectivity index (χ3n) is 12.0. The van der Waals surface area contributed by atoms with Gasteiger partial charge in [-0.05, 0) is 104 Å². The number of carbonyl (C=O) groups excluding carboxylic acids is 1. The van der Waals surface area contributed by atoms with E-state index in [9.17, 15) is 14.3 Å². The Kier molecular flexibility index (Phi) is 13.2. The lowest BCUT2D eigenvalue weighted by atomic mass is 9.44. The molecule has 40 heavy (non-hydrogen) atoms. The minimum atomic E-state index is -0.180. The minimum absolute atomic E-state index is 0.00855. The highest BCUT2D eigenvalue weighted by Gasteiger charge is 2.63. The Morgan fingerprint density at radius 3 is 2.20 bits per heavy atom. The van der Waals surface area contributed by atoms with Crippen molar-refractivity contribution in [3.8, 4) is 0 Å². The maximum absolute atomic E-state index is 12.4. The van der Waals surface area contributed by atoms with Crippen LogP contribution >= 0.6 is 11.8 Å². The maximum Gasteiger partial charge on any atom is 0.133 e. The van der Waals surface area contributed by atoms with Crippen molar-refractivity contribution in [2.45, 2.75) is 154 Å². The van der Waals surface area contributed by atoms with Crippen molar-refractivity contribution >= 4 is 17.5 Å². The largest absolute Gasteiger partial charge is 0.393 e. The Balaban J connectivity index is 1.12. The first-order valence-electron chi connectivity index (χ1n) is 17.3. The minimum Gasteiger partial charge on any atom is -0.393 e. The quantitative estimate of drug-likeness (QED) is 0.164. The van der Waals surface area contributed by atoms with Gasteiger partial charge in [0.25, 0.3) is 0 Å². The predicted molar refractivity (Wildman–Crippen MR) is 167 cm³/mol. The monoisotopic (exact) mass is 580 g/mol. The fourth-order valence-corrected chi connectivity index (χ4v) is 10.6. The number of carbonyl (C=O) groups is 1. The van der Waals surface area contributed by atoms with Crippen LogP contribution in [0.25, 0.3) is 0 Å². The first-order chi connectivity index (χ1) is 19.4. The van der Waals surface area contributed by atoms with Gasteiger partial charge in [-0.2, -0.15) is 11.8 Å². The molecule has 0 radical (unpaired) electrons. The molecule has 4 fully saturated rings. The highest BCUT2D eigenvalue weighted by atomic mass is 32.2. The van der Waals surface area contributed by atoms with Gasteiger partial charge in [0, 0.05) is 19.4 Å². The summed E-state index contributed by atoms with van der Waals surface area (Å²) in [4.78, 5) is 12.4. The molecular weight excluding hydrogens is 519 g/mol. The molecule has 0 amide bonds. The van der Waals surface area contributed by atoms with Crippen molar-refractivity contribution in [2.24, 2.45) is 34.5 Å². The Morgan fingerprint density at radius 2 is 1.50 bits per heavy atom. The van der Waals surface area contributed by atoms with Crippen LogP contribution in [0.2, 0.25) is 0 Å². The van der Waals surface area contributed by atoms with Gasteiger partial charge in [-0.15, -0.1) is 0 Å². The van der Waals surface area contributed by atoms with Crippen LogP contribution < -0.4 is 0 Å². The summed E-state index contributed by atoms with van der Waals surface area (Å²) < 4.78 is 18.9. The summed E-state index contributed by atoms with van der Waals surface area (Å²) in [5.74, 6) is 5.04. The number of alkyl halides is 1. The summed E-state index contributed by atoms with van der Waals surface area (Å²) in [7, 11) is 0. The zero-order valence-corrected chi connectivity index (χ0v) is 26.8. The summed E-state index contributed by atoms with van der Waals surface area (Å²) in [6, 6.07) is 0. The molecular formula is C35H61FO3S. The third-order valence-corrected chi connectivity index (χ3v) is 13.2. The fourth-order valence-electron chi connectivity index (χ4n) is 9.66. The SMILES string of the molecule is CC12CC(OCCCCCCCCCCCCCSCCCF)C3C(CCC4CC(=O)CCC43C)C1CCC2O. The second-order valence-electron chi connectivity index (χ2n) is 14.6. The van der Waals surface area contributed by atoms with E-state index in [1.165, 1.54) is 89.2 Å². The van der Waals surface area contributed by atoms with Crippen molar-refractivity contribution in [2.75, 3.05) is 24.8 Å². The molecule has 0 heterocycles. The number of fused-ring (bicyclic) bond motifs is 5. The van der Waals surface area contributed by atoms with Crippen molar-refractivity contribution in [3.05, 3.63) is 0 Å². The van der Waals surface area contributed by atoms with Crippen LogP contribution in [0.4, 0.5) is 4.39 Å². The molecule has 4 rings (SSSR count). The van der Waals surface area contributed by atoms with E-state index in [1.807, 2.05) is 11.8 Å². The summed E-state index contributed by atoms with van der Waals surface area (Å²) >= 11 is 1.91. The van der Waals surface area contributed by atoms with E-state index in [2.05, 4.69) is 13.8 Å². The molecule has 8 atom stereocenters. The lowest BCUT2D eigenvalue weighted by Crippen LogP contribution is -2.60. The van der Waals surface area contributed by atoms with Gasteiger partial charge in [-0.1, -0.05) is 71.6 Å². The fraction of sp³-hybridized carbons (Fsp3) is 0.971. The number of Topliss-reactive ketones (excluding diaryl/α,β-unsaturated/α-hetero) is 1. The Bertz CT molecular complexity index is 763. The second-order valence-corrected chi connectivity index (χ2v) is 15.8. The molecule has 4 aliphatic carbocycles. The van der Waals surface area contributed by atoms with E-state index in [-0.39, 0.29) is 29.7 Å². The van der Waals surface area contributed by atoms with E-state index >= 15 is 0 Å². The molecule has 8 unspecified atom stereocenters. The molecule has 0 saturated heterocycles. The van der Waals surface area contributed by atoms with Crippen LogP contribution in [0.15, 0.2) is 0 Å². The average molecular weight is 581 g/mol. The predicted octanol–water partition coefficient (Wildman–Crippen LogP) is 9.34. The molecule has 1 N–H and O–H groups in total. The van der Waals surface area contributed by atoms with Crippen LogP contribution in [0, 0.1) is 34.5 Å².